The number of fused-ring (bicyclic) bond motifs is 1. The number of ether oxygens (including phenoxy) is 2. The lowest BCUT2D eigenvalue weighted by molar-refractivity contribution is 0.122. The van der Waals surface area contributed by atoms with Gasteiger partial charge in [0.05, 0.1) is 26.4 Å². The number of nitrogens with one attached hydrogen (secondary N) is 2. The molecule has 0 aliphatic carbocycles. The van der Waals surface area contributed by atoms with E-state index in [2.05, 4.69) is 65.0 Å². The van der Waals surface area contributed by atoms with E-state index >= 15 is 0 Å². The Labute approximate surface area is 202 Å². The van der Waals surface area contributed by atoms with E-state index in [0.717, 1.165) is 64.0 Å². The summed E-state index contributed by atoms with van der Waals surface area (Å²) in [4.78, 5) is 13.8. The van der Waals surface area contributed by atoms with Crippen molar-refractivity contribution in [2.45, 2.75) is 0 Å². The topological polar surface area (TPSA) is 114 Å². The Morgan fingerprint density at radius 3 is 1.37 bits per heavy atom. The van der Waals surface area contributed by atoms with Crippen LogP contribution in [0.4, 0.5) is 34.4 Å². The number of rotatable bonds is 6. The first-order valence-electron chi connectivity index (χ1n) is 11.7. The molecular formula is C24H26N8O3. The second kappa shape index (κ2) is 9.72. The van der Waals surface area contributed by atoms with Crippen molar-refractivity contribution in [3.8, 4) is 0 Å². The molecule has 2 aliphatic rings. The molecular weight excluding hydrogens is 448 g/mol. The number of morpholine rings is 2. The summed E-state index contributed by atoms with van der Waals surface area (Å²) in [6.45, 7) is 6.60. The predicted octanol–water partition coefficient (Wildman–Crippen LogP) is 3.17. The van der Waals surface area contributed by atoms with Crippen molar-refractivity contribution in [3.63, 3.8) is 0 Å². The van der Waals surface area contributed by atoms with Gasteiger partial charge in [-0.2, -0.15) is 0 Å². The number of benzene rings is 2. The summed E-state index contributed by atoms with van der Waals surface area (Å²) in [5.74, 6) is 1.06. The van der Waals surface area contributed by atoms with Crippen molar-refractivity contribution in [3.05, 3.63) is 48.5 Å². The molecule has 2 aromatic carbocycles. The molecule has 2 N–H and O–H groups in total. The molecule has 0 bridgehead atoms. The summed E-state index contributed by atoms with van der Waals surface area (Å²) in [5.41, 5.74) is 4.78. The molecule has 6 rings (SSSR count). The maximum absolute atomic E-state index is 5.45. The third kappa shape index (κ3) is 4.81. The van der Waals surface area contributed by atoms with Gasteiger partial charge in [-0.25, -0.2) is 14.6 Å². The Morgan fingerprint density at radius 2 is 0.971 bits per heavy atom. The van der Waals surface area contributed by atoms with Gasteiger partial charge in [0.15, 0.2) is 11.6 Å². The minimum Gasteiger partial charge on any atom is -0.378 e. The van der Waals surface area contributed by atoms with Crippen molar-refractivity contribution >= 4 is 45.7 Å². The largest absolute Gasteiger partial charge is 0.378 e. The van der Waals surface area contributed by atoms with E-state index in [-0.39, 0.29) is 0 Å². The van der Waals surface area contributed by atoms with Crippen LogP contribution >= 0.6 is 0 Å². The Morgan fingerprint density at radius 1 is 0.571 bits per heavy atom. The van der Waals surface area contributed by atoms with Gasteiger partial charge in [-0.05, 0) is 58.8 Å². The van der Waals surface area contributed by atoms with Crippen LogP contribution in [0.3, 0.4) is 0 Å². The quantitative estimate of drug-likeness (QED) is 0.429. The molecule has 180 valence electrons. The van der Waals surface area contributed by atoms with E-state index in [1.165, 1.54) is 11.4 Å². The van der Waals surface area contributed by atoms with Crippen LogP contribution in [0, 0.1) is 0 Å². The first-order valence-corrected chi connectivity index (χ1v) is 11.7. The van der Waals surface area contributed by atoms with Crippen LogP contribution in [0.1, 0.15) is 0 Å². The van der Waals surface area contributed by atoms with Crippen molar-refractivity contribution in [2.24, 2.45) is 0 Å². The Hall–Kier alpha value is -3.96. The third-order valence-electron chi connectivity index (χ3n) is 6.13. The van der Waals surface area contributed by atoms with Gasteiger partial charge in [0.2, 0.25) is 11.3 Å². The number of aromatic nitrogens is 4. The number of hydrogen-bond donors (Lipinski definition) is 2. The minimum atomic E-state index is 0.339. The molecule has 0 amide bonds. The Kier molecular flexibility index (Phi) is 5.99. The van der Waals surface area contributed by atoms with Crippen molar-refractivity contribution in [1.82, 2.24) is 20.3 Å². The second-order valence-electron chi connectivity index (χ2n) is 8.37. The predicted molar refractivity (Wildman–Crippen MR) is 133 cm³/mol. The molecule has 4 aromatic rings. The van der Waals surface area contributed by atoms with E-state index in [0.29, 0.717) is 22.9 Å². The average molecular weight is 475 g/mol. The lowest BCUT2D eigenvalue weighted by atomic mass is 10.2. The fourth-order valence-corrected chi connectivity index (χ4v) is 4.24. The smallest absolute Gasteiger partial charge is 0.245 e. The lowest BCUT2D eigenvalue weighted by Crippen LogP contribution is -2.36. The first kappa shape index (κ1) is 21.6. The molecule has 0 saturated carbocycles. The van der Waals surface area contributed by atoms with Crippen molar-refractivity contribution < 1.29 is 14.1 Å². The van der Waals surface area contributed by atoms with Crippen LogP contribution in [0.5, 0.6) is 0 Å². The monoisotopic (exact) mass is 474 g/mol. The maximum Gasteiger partial charge on any atom is 0.245 e. The van der Waals surface area contributed by atoms with E-state index in [4.69, 9.17) is 14.1 Å². The molecule has 35 heavy (non-hydrogen) atoms. The summed E-state index contributed by atoms with van der Waals surface area (Å²) in [6.07, 6.45) is 0. The van der Waals surface area contributed by atoms with Gasteiger partial charge in [-0.15, -0.1) is 0 Å². The number of anilines is 6. The molecule has 2 saturated heterocycles. The van der Waals surface area contributed by atoms with E-state index < -0.39 is 0 Å². The van der Waals surface area contributed by atoms with E-state index in [1.54, 1.807) is 0 Å². The molecule has 2 aromatic heterocycles. The maximum atomic E-state index is 5.45. The normalized spacial score (nSPS) is 16.5. The molecule has 4 heterocycles. The highest BCUT2D eigenvalue weighted by molar-refractivity contribution is 5.79. The van der Waals surface area contributed by atoms with Gasteiger partial charge in [0.25, 0.3) is 0 Å². The average Bonchev–Trinajstić information content (AvgIpc) is 3.38. The highest BCUT2D eigenvalue weighted by atomic mass is 16.6. The van der Waals surface area contributed by atoms with Gasteiger partial charge < -0.3 is 29.9 Å². The summed E-state index contributed by atoms with van der Waals surface area (Å²) in [6, 6.07) is 16.5. The third-order valence-corrected chi connectivity index (χ3v) is 6.13. The Balaban J connectivity index is 1.22. The van der Waals surface area contributed by atoms with Crippen LogP contribution in [0.25, 0.3) is 11.3 Å². The fourth-order valence-electron chi connectivity index (χ4n) is 4.24. The fraction of sp³-hybridized carbons (Fsp3) is 0.333. The molecule has 0 spiro atoms. The summed E-state index contributed by atoms with van der Waals surface area (Å²) in [5, 5.41) is 14.4. The zero-order valence-corrected chi connectivity index (χ0v) is 19.2. The highest BCUT2D eigenvalue weighted by Gasteiger charge is 2.16. The van der Waals surface area contributed by atoms with Gasteiger partial charge in [0, 0.05) is 48.9 Å². The molecule has 0 radical (unpaired) electrons. The second-order valence-corrected chi connectivity index (χ2v) is 8.37. The number of hydrogen-bond acceptors (Lipinski definition) is 11. The zero-order valence-electron chi connectivity index (χ0n) is 19.2. The Bertz CT molecular complexity index is 1170. The van der Waals surface area contributed by atoms with E-state index in [1.807, 2.05) is 24.3 Å². The summed E-state index contributed by atoms with van der Waals surface area (Å²) in [7, 11) is 0. The highest BCUT2D eigenvalue weighted by Crippen LogP contribution is 2.29. The van der Waals surface area contributed by atoms with Crippen LogP contribution in [0.15, 0.2) is 53.2 Å². The van der Waals surface area contributed by atoms with Crippen LogP contribution in [-0.2, 0) is 9.47 Å². The lowest BCUT2D eigenvalue weighted by Gasteiger charge is -2.29. The molecule has 2 aliphatic heterocycles. The SMILES string of the molecule is c1cc(N2CCOCC2)ccc1Nc1nc2nonc2nc1Nc1ccc(N2CCOCC2)cc1. The standard InChI is InChI=1S/C24H26N8O3/c1-5-19(31-9-13-33-14-10-31)6-2-17(1)25-21-22(28-24-23(27-21)29-35-30-24)26-18-3-7-20(8-4-18)32-11-15-34-16-12-32/h1-8H,9-16H2,(H,25,27,29)(H,26,28,30). The van der Waals surface area contributed by atoms with Gasteiger partial charge >= 0.3 is 0 Å². The van der Waals surface area contributed by atoms with Crippen molar-refractivity contribution in [2.75, 3.05) is 73.0 Å². The minimum absolute atomic E-state index is 0.339. The molecule has 2 fully saturated rings. The van der Waals surface area contributed by atoms with Gasteiger partial charge in [-0.1, -0.05) is 0 Å². The first-order chi connectivity index (χ1) is 17.3. The number of nitrogens with zero attached hydrogens (tertiary/aromatic N) is 6. The summed E-state index contributed by atoms with van der Waals surface area (Å²) < 4.78 is 15.7. The van der Waals surface area contributed by atoms with Gasteiger partial charge in [-0.3, -0.25) is 0 Å². The molecule has 0 atom stereocenters. The molecule has 11 nitrogen and oxygen atoms in total. The molecule has 11 heteroatoms. The van der Waals surface area contributed by atoms with Gasteiger partial charge in [0.1, 0.15) is 0 Å². The van der Waals surface area contributed by atoms with Crippen LogP contribution in [0.2, 0.25) is 0 Å². The summed E-state index contributed by atoms with van der Waals surface area (Å²) >= 11 is 0. The zero-order chi connectivity index (χ0) is 23.5. The van der Waals surface area contributed by atoms with Crippen molar-refractivity contribution in [1.29, 1.82) is 0 Å². The van der Waals surface area contributed by atoms with Crippen LogP contribution in [-0.4, -0.2) is 72.9 Å². The molecule has 0 unspecified atom stereocenters. The van der Waals surface area contributed by atoms with Crippen LogP contribution < -0.4 is 20.4 Å². The van der Waals surface area contributed by atoms with E-state index in [9.17, 15) is 0 Å².